The molecule has 1 heterocycles. The summed E-state index contributed by atoms with van der Waals surface area (Å²) in [6.07, 6.45) is 0.867. The van der Waals surface area contributed by atoms with Gasteiger partial charge in [-0.25, -0.2) is 5.43 Å². The lowest BCUT2D eigenvalue weighted by Crippen LogP contribution is -2.42. The van der Waals surface area contributed by atoms with Crippen LogP contribution in [-0.2, 0) is 4.79 Å². The average molecular weight is 387 g/mol. The van der Waals surface area contributed by atoms with E-state index in [4.69, 9.17) is 9.47 Å². The van der Waals surface area contributed by atoms with Gasteiger partial charge in [-0.15, -0.1) is 0 Å². The summed E-state index contributed by atoms with van der Waals surface area (Å²) < 4.78 is 11.2. The third-order valence-electron chi connectivity index (χ3n) is 4.61. The molecule has 0 aliphatic carbocycles. The van der Waals surface area contributed by atoms with Crippen molar-refractivity contribution in [3.63, 3.8) is 0 Å². The normalized spacial score (nSPS) is 15.1. The van der Waals surface area contributed by atoms with Gasteiger partial charge in [0.05, 0.1) is 6.21 Å². The number of anilines is 2. The van der Waals surface area contributed by atoms with Gasteiger partial charge in [-0.1, -0.05) is 42.5 Å². The van der Waals surface area contributed by atoms with E-state index in [1.54, 1.807) is 18.3 Å². The summed E-state index contributed by atoms with van der Waals surface area (Å²) in [5.41, 5.74) is 5.55. The van der Waals surface area contributed by atoms with Crippen molar-refractivity contribution in [2.45, 2.75) is 6.10 Å². The molecule has 4 rings (SSSR count). The molecule has 1 unspecified atom stereocenters. The molecule has 29 heavy (non-hydrogen) atoms. The summed E-state index contributed by atoms with van der Waals surface area (Å²) in [7, 11) is 2.02. The summed E-state index contributed by atoms with van der Waals surface area (Å²) in [4.78, 5) is 14.4. The third-order valence-corrected chi connectivity index (χ3v) is 4.61. The molecule has 1 aliphatic rings. The number of amides is 1. The Labute approximate surface area is 169 Å². The van der Waals surface area contributed by atoms with Crippen LogP contribution in [0, 0.1) is 0 Å². The molecule has 6 heteroatoms. The molecule has 3 aromatic carbocycles. The molecular weight excluding hydrogens is 366 g/mol. The number of benzene rings is 3. The first-order valence-corrected chi connectivity index (χ1v) is 9.31. The summed E-state index contributed by atoms with van der Waals surface area (Å²) in [6.45, 7) is 0.152. The Hall–Kier alpha value is -3.80. The molecule has 0 saturated carbocycles. The number of ether oxygens (including phenoxy) is 2. The van der Waals surface area contributed by atoms with Crippen molar-refractivity contribution >= 4 is 23.5 Å². The summed E-state index contributed by atoms with van der Waals surface area (Å²) >= 11 is 0. The smallest absolute Gasteiger partial charge is 0.284 e. The van der Waals surface area contributed by atoms with Crippen LogP contribution in [0.25, 0.3) is 0 Å². The number of para-hydroxylation sites is 3. The lowest BCUT2D eigenvalue weighted by Gasteiger charge is -2.24. The van der Waals surface area contributed by atoms with Crippen LogP contribution in [0.2, 0.25) is 0 Å². The van der Waals surface area contributed by atoms with Crippen molar-refractivity contribution in [3.05, 3.63) is 84.4 Å². The molecule has 1 atom stereocenters. The average Bonchev–Trinajstić information content (AvgIpc) is 2.79. The van der Waals surface area contributed by atoms with Gasteiger partial charge in [0.2, 0.25) is 6.10 Å². The van der Waals surface area contributed by atoms with Crippen LogP contribution in [0.4, 0.5) is 11.4 Å². The first kappa shape index (κ1) is 18.6. The van der Waals surface area contributed by atoms with Gasteiger partial charge in [-0.05, 0) is 42.0 Å². The summed E-state index contributed by atoms with van der Waals surface area (Å²) in [5.74, 6) is 0.845. The summed E-state index contributed by atoms with van der Waals surface area (Å²) in [6, 6.07) is 25.3. The Kier molecular flexibility index (Phi) is 5.42. The van der Waals surface area contributed by atoms with E-state index < -0.39 is 6.10 Å². The minimum atomic E-state index is -0.732. The highest BCUT2D eigenvalue weighted by Crippen LogP contribution is 2.30. The molecule has 1 N–H and O–H groups in total. The first-order valence-electron chi connectivity index (χ1n) is 9.31. The highest BCUT2D eigenvalue weighted by Gasteiger charge is 2.26. The van der Waals surface area contributed by atoms with E-state index in [2.05, 4.69) is 27.6 Å². The fraction of sp³-hybridized carbons (Fsp3) is 0.130. The molecule has 0 bridgehead atoms. The van der Waals surface area contributed by atoms with Gasteiger partial charge < -0.3 is 14.4 Å². The molecule has 0 saturated heterocycles. The number of carbonyl (C=O) groups is 1. The van der Waals surface area contributed by atoms with Crippen molar-refractivity contribution in [2.24, 2.45) is 5.10 Å². The van der Waals surface area contributed by atoms with Crippen LogP contribution < -0.4 is 19.8 Å². The minimum Gasteiger partial charge on any atom is -0.485 e. The second-order valence-electron chi connectivity index (χ2n) is 6.58. The molecule has 3 aromatic rings. The SMILES string of the molecule is CN(c1ccccc1)c1ccc(C=NNC(=O)C2COc3ccccc3O2)cc1. The van der Waals surface area contributed by atoms with Crippen LogP contribution in [0.1, 0.15) is 5.56 Å². The number of hydrogen-bond donors (Lipinski definition) is 1. The van der Waals surface area contributed by atoms with E-state index in [0.29, 0.717) is 11.5 Å². The summed E-state index contributed by atoms with van der Waals surface area (Å²) in [5, 5.41) is 4.03. The number of hydrazone groups is 1. The molecule has 0 fully saturated rings. The lowest BCUT2D eigenvalue weighted by molar-refractivity contribution is -0.130. The number of rotatable bonds is 5. The fourth-order valence-corrected chi connectivity index (χ4v) is 2.98. The second kappa shape index (κ2) is 8.48. The van der Waals surface area contributed by atoms with Crippen LogP contribution in [0.5, 0.6) is 11.5 Å². The van der Waals surface area contributed by atoms with E-state index >= 15 is 0 Å². The molecular formula is C23H21N3O3. The van der Waals surface area contributed by atoms with Crippen molar-refractivity contribution in [2.75, 3.05) is 18.6 Å². The zero-order valence-corrected chi connectivity index (χ0v) is 16.0. The second-order valence-corrected chi connectivity index (χ2v) is 6.58. The van der Waals surface area contributed by atoms with Gasteiger partial charge >= 0.3 is 0 Å². The quantitative estimate of drug-likeness (QED) is 0.535. The van der Waals surface area contributed by atoms with Crippen molar-refractivity contribution in [1.29, 1.82) is 0 Å². The fourth-order valence-electron chi connectivity index (χ4n) is 2.98. The largest absolute Gasteiger partial charge is 0.485 e. The van der Waals surface area contributed by atoms with Crippen LogP contribution >= 0.6 is 0 Å². The standard InChI is InChI=1S/C23H21N3O3/c1-26(18-7-3-2-4-8-18)19-13-11-17(12-14-19)15-24-25-23(27)22-16-28-20-9-5-6-10-21(20)29-22/h2-15,22H,16H2,1H3,(H,25,27). The van der Waals surface area contributed by atoms with Gasteiger partial charge in [0.1, 0.15) is 6.61 Å². The number of carbonyl (C=O) groups excluding carboxylic acids is 1. The molecule has 1 amide bonds. The Bertz CT molecular complexity index is 1000. The van der Waals surface area contributed by atoms with Crippen molar-refractivity contribution in [3.8, 4) is 11.5 Å². The number of fused-ring (bicyclic) bond motifs is 1. The predicted octanol–water partition coefficient (Wildman–Crippen LogP) is 3.74. The Morgan fingerprint density at radius 3 is 2.38 bits per heavy atom. The van der Waals surface area contributed by atoms with E-state index in [1.807, 2.05) is 61.6 Å². The van der Waals surface area contributed by atoms with Crippen LogP contribution in [-0.4, -0.2) is 31.9 Å². The third kappa shape index (κ3) is 4.38. The Balaban J connectivity index is 1.33. The van der Waals surface area contributed by atoms with Crippen LogP contribution in [0.15, 0.2) is 84.0 Å². The topological polar surface area (TPSA) is 63.2 Å². The molecule has 146 valence electrons. The maximum atomic E-state index is 12.3. The van der Waals surface area contributed by atoms with Crippen molar-refractivity contribution in [1.82, 2.24) is 5.43 Å². The zero-order chi connectivity index (χ0) is 20.1. The van der Waals surface area contributed by atoms with Crippen molar-refractivity contribution < 1.29 is 14.3 Å². The molecule has 6 nitrogen and oxygen atoms in total. The Morgan fingerprint density at radius 1 is 0.966 bits per heavy atom. The van der Waals surface area contributed by atoms with Gasteiger partial charge in [0.15, 0.2) is 11.5 Å². The molecule has 0 spiro atoms. The van der Waals surface area contributed by atoms with Crippen LogP contribution in [0.3, 0.4) is 0 Å². The monoisotopic (exact) mass is 387 g/mol. The van der Waals surface area contributed by atoms with Gasteiger partial charge in [0, 0.05) is 18.4 Å². The Morgan fingerprint density at radius 2 is 1.62 bits per heavy atom. The first-order chi connectivity index (χ1) is 14.2. The zero-order valence-electron chi connectivity index (χ0n) is 16.0. The molecule has 0 aromatic heterocycles. The van der Waals surface area contributed by atoms with E-state index in [0.717, 1.165) is 16.9 Å². The van der Waals surface area contributed by atoms with Gasteiger partial charge in [-0.2, -0.15) is 5.10 Å². The highest BCUT2D eigenvalue weighted by molar-refractivity contribution is 5.85. The maximum Gasteiger partial charge on any atom is 0.284 e. The van der Waals surface area contributed by atoms with Gasteiger partial charge in [-0.3, -0.25) is 4.79 Å². The number of hydrogen-bond acceptors (Lipinski definition) is 5. The predicted molar refractivity (Wildman–Crippen MR) is 113 cm³/mol. The van der Waals surface area contributed by atoms with E-state index in [9.17, 15) is 4.79 Å². The molecule has 1 aliphatic heterocycles. The van der Waals surface area contributed by atoms with Gasteiger partial charge in [0.25, 0.3) is 5.91 Å². The minimum absolute atomic E-state index is 0.152. The highest BCUT2D eigenvalue weighted by atomic mass is 16.6. The number of nitrogens with zero attached hydrogens (tertiary/aromatic N) is 2. The van der Waals surface area contributed by atoms with E-state index in [1.165, 1.54) is 0 Å². The molecule has 0 radical (unpaired) electrons. The maximum absolute atomic E-state index is 12.3. The van der Waals surface area contributed by atoms with E-state index in [-0.39, 0.29) is 12.5 Å². The number of nitrogens with one attached hydrogen (secondary N) is 1. The lowest BCUT2D eigenvalue weighted by atomic mass is 10.2.